The van der Waals surface area contributed by atoms with Crippen molar-refractivity contribution in [2.75, 3.05) is 19.6 Å². The topological polar surface area (TPSA) is 50.2 Å². The molecule has 1 saturated heterocycles. The number of aryl methyl sites for hydroxylation is 1. The van der Waals surface area contributed by atoms with E-state index in [1.54, 1.807) is 0 Å². The SMILES string of the molecule is Cn1nc(C(F)(F)F)c(Cl)c1C(=O)N1CCN[C@H](c2ccccc2)C1. The third-order valence-electron chi connectivity index (χ3n) is 4.13. The molecule has 1 aliphatic heterocycles. The lowest BCUT2D eigenvalue weighted by Crippen LogP contribution is -2.48. The van der Waals surface area contributed by atoms with E-state index >= 15 is 0 Å². The molecule has 1 aromatic carbocycles. The summed E-state index contributed by atoms with van der Waals surface area (Å²) in [6, 6.07) is 9.46. The van der Waals surface area contributed by atoms with Gasteiger partial charge in [0.05, 0.1) is 0 Å². The molecular weight excluding hydrogens is 357 g/mol. The quantitative estimate of drug-likeness (QED) is 0.882. The highest BCUT2D eigenvalue weighted by molar-refractivity contribution is 6.34. The van der Waals surface area contributed by atoms with Crippen molar-refractivity contribution >= 4 is 17.5 Å². The standard InChI is InChI=1S/C16H16ClF3N4O/c1-23-13(12(17)14(22-23)16(18,19)20)15(25)24-8-7-21-11(9-24)10-5-3-2-4-6-10/h2-6,11,21H,7-9H2,1H3/t11-/m0/s1. The molecule has 2 aromatic rings. The van der Waals surface area contributed by atoms with Crippen molar-refractivity contribution in [2.24, 2.45) is 7.05 Å². The second kappa shape index (κ2) is 6.68. The van der Waals surface area contributed by atoms with Crippen molar-refractivity contribution < 1.29 is 18.0 Å². The number of benzene rings is 1. The van der Waals surface area contributed by atoms with Gasteiger partial charge in [0.2, 0.25) is 0 Å². The van der Waals surface area contributed by atoms with Crippen LogP contribution >= 0.6 is 11.6 Å². The molecule has 0 radical (unpaired) electrons. The summed E-state index contributed by atoms with van der Waals surface area (Å²) in [6.07, 6.45) is -4.70. The highest BCUT2D eigenvalue weighted by Gasteiger charge is 2.40. The molecule has 2 heterocycles. The van der Waals surface area contributed by atoms with E-state index in [-0.39, 0.29) is 11.7 Å². The van der Waals surface area contributed by atoms with E-state index in [2.05, 4.69) is 10.4 Å². The predicted octanol–water partition coefficient (Wildman–Crippen LogP) is 2.88. The Kier molecular flexibility index (Phi) is 4.75. The van der Waals surface area contributed by atoms with Crippen LogP contribution in [0.25, 0.3) is 0 Å². The number of rotatable bonds is 2. The fourth-order valence-electron chi connectivity index (χ4n) is 2.90. The molecule has 134 valence electrons. The first-order valence-electron chi connectivity index (χ1n) is 7.66. The van der Waals surface area contributed by atoms with Crippen LogP contribution in [0.3, 0.4) is 0 Å². The molecule has 1 aromatic heterocycles. The molecule has 1 N–H and O–H groups in total. The minimum absolute atomic E-state index is 0.0898. The first-order valence-corrected chi connectivity index (χ1v) is 8.04. The monoisotopic (exact) mass is 372 g/mol. The second-order valence-electron chi connectivity index (χ2n) is 5.80. The minimum Gasteiger partial charge on any atom is -0.334 e. The van der Waals surface area contributed by atoms with Crippen LogP contribution in [0.1, 0.15) is 27.8 Å². The Hall–Kier alpha value is -2.06. The average molecular weight is 373 g/mol. The van der Waals surface area contributed by atoms with E-state index in [0.29, 0.717) is 19.6 Å². The predicted molar refractivity (Wildman–Crippen MR) is 86.3 cm³/mol. The van der Waals surface area contributed by atoms with Crippen molar-refractivity contribution in [1.82, 2.24) is 20.0 Å². The molecule has 1 atom stereocenters. The summed E-state index contributed by atoms with van der Waals surface area (Å²) in [5, 5.41) is 6.01. The molecule has 1 aliphatic rings. The zero-order chi connectivity index (χ0) is 18.2. The van der Waals surface area contributed by atoms with Gasteiger partial charge in [0.15, 0.2) is 5.69 Å². The first kappa shape index (κ1) is 17.8. The molecule has 0 bridgehead atoms. The van der Waals surface area contributed by atoms with E-state index in [4.69, 9.17) is 11.6 Å². The number of nitrogens with one attached hydrogen (secondary N) is 1. The van der Waals surface area contributed by atoms with Gasteiger partial charge in [-0.3, -0.25) is 9.48 Å². The Morgan fingerprint density at radius 3 is 2.60 bits per heavy atom. The maximum absolute atomic E-state index is 12.9. The van der Waals surface area contributed by atoms with E-state index in [1.165, 1.54) is 11.9 Å². The van der Waals surface area contributed by atoms with E-state index in [1.807, 2.05) is 30.3 Å². The van der Waals surface area contributed by atoms with Crippen LogP contribution in [0.15, 0.2) is 30.3 Å². The lowest BCUT2D eigenvalue weighted by atomic mass is 10.0. The van der Waals surface area contributed by atoms with Crippen LogP contribution in [-0.4, -0.2) is 40.2 Å². The zero-order valence-corrected chi connectivity index (χ0v) is 14.1. The zero-order valence-electron chi connectivity index (χ0n) is 13.3. The largest absolute Gasteiger partial charge is 0.436 e. The van der Waals surface area contributed by atoms with Crippen molar-refractivity contribution in [1.29, 1.82) is 0 Å². The summed E-state index contributed by atoms with van der Waals surface area (Å²) in [7, 11) is 1.28. The number of halogens is 4. The molecule has 0 unspecified atom stereocenters. The Bertz CT molecular complexity index is 776. The minimum atomic E-state index is -4.70. The number of carbonyl (C=O) groups excluding carboxylic acids is 1. The van der Waals surface area contributed by atoms with Gasteiger partial charge in [-0.05, 0) is 5.56 Å². The molecule has 1 fully saturated rings. The van der Waals surface area contributed by atoms with E-state index < -0.39 is 22.8 Å². The number of hydrogen-bond acceptors (Lipinski definition) is 3. The highest BCUT2D eigenvalue weighted by Crippen LogP contribution is 2.36. The average Bonchev–Trinajstić information content (AvgIpc) is 2.90. The number of alkyl halides is 3. The molecule has 25 heavy (non-hydrogen) atoms. The van der Waals surface area contributed by atoms with Crippen LogP contribution in [-0.2, 0) is 13.2 Å². The third kappa shape index (κ3) is 3.50. The number of carbonyl (C=O) groups is 1. The lowest BCUT2D eigenvalue weighted by molar-refractivity contribution is -0.141. The van der Waals surface area contributed by atoms with Crippen LogP contribution in [0, 0.1) is 0 Å². The highest BCUT2D eigenvalue weighted by atomic mass is 35.5. The molecule has 0 aliphatic carbocycles. The maximum atomic E-state index is 12.9. The van der Waals surface area contributed by atoms with Gasteiger partial charge < -0.3 is 10.2 Å². The Labute approximate surface area is 147 Å². The van der Waals surface area contributed by atoms with Gasteiger partial charge in [0.25, 0.3) is 5.91 Å². The number of aromatic nitrogens is 2. The van der Waals surface area contributed by atoms with Crippen molar-refractivity contribution in [3.63, 3.8) is 0 Å². The van der Waals surface area contributed by atoms with Crippen molar-refractivity contribution in [3.05, 3.63) is 52.3 Å². The Morgan fingerprint density at radius 2 is 2.00 bits per heavy atom. The van der Waals surface area contributed by atoms with Crippen molar-refractivity contribution in [2.45, 2.75) is 12.2 Å². The fourth-order valence-corrected chi connectivity index (χ4v) is 3.25. The summed E-state index contributed by atoms with van der Waals surface area (Å²) in [5.74, 6) is -0.557. The lowest BCUT2D eigenvalue weighted by Gasteiger charge is -2.34. The van der Waals surface area contributed by atoms with Gasteiger partial charge in [-0.2, -0.15) is 18.3 Å². The number of piperazine rings is 1. The summed E-state index contributed by atoms with van der Waals surface area (Å²) in [5.41, 5.74) is -0.482. The van der Waals surface area contributed by atoms with E-state index in [9.17, 15) is 18.0 Å². The second-order valence-corrected chi connectivity index (χ2v) is 6.18. The molecule has 1 amide bonds. The van der Waals surface area contributed by atoms with Gasteiger partial charge in [-0.1, -0.05) is 41.9 Å². The number of amides is 1. The summed E-state index contributed by atoms with van der Waals surface area (Å²) in [4.78, 5) is 14.2. The molecule has 3 rings (SSSR count). The fraction of sp³-hybridized carbons (Fsp3) is 0.375. The van der Waals surface area contributed by atoms with Gasteiger partial charge >= 0.3 is 6.18 Å². The number of nitrogens with zero attached hydrogens (tertiary/aromatic N) is 3. The smallest absolute Gasteiger partial charge is 0.334 e. The van der Waals surface area contributed by atoms with Crippen LogP contribution in [0.2, 0.25) is 5.02 Å². The van der Waals surface area contributed by atoms with Crippen LogP contribution < -0.4 is 5.32 Å². The van der Waals surface area contributed by atoms with Crippen molar-refractivity contribution in [3.8, 4) is 0 Å². The van der Waals surface area contributed by atoms with Gasteiger partial charge in [0.1, 0.15) is 10.7 Å². The molecule has 0 saturated carbocycles. The Morgan fingerprint density at radius 1 is 1.32 bits per heavy atom. The van der Waals surface area contributed by atoms with E-state index in [0.717, 1.165) is 10.2 Å². The summed E-state index contributed by atoms with van der Waals surface area (Å²) in [6.45, 7) is 1.25. The molecule has 5 nitrogen and oxygen atoms in total. The summed E-state index contributed by atoms with van der Waals surface area (Å²) < 4.78 is 39.7. The van der Waals surface area contributed by atoms with Gasteiger partial charge in [0, 0.05) is 32.7 Å². The van der Waals surface area contributed by atoms with Gasteiger partial charge in [-0.25, -0.2) is 0 Å². The van der Waals surface area contributed by atoms with Gasteiger partial charge in [-0.15, -0.1) is 0 Å². The third-order valence-corrected chi connectivity index (χ3v) is 4.48. The van der Waals surface area contributed by atoms with Crippen LogP contribution in [0.4, 0.5) is 13.2 Å². The maximum Gasteiger partial charge on any atom is 0.436 e. The number of hydrogen-bond donors (Lipinski definition) is 1. The Balaban J connectivity index is 1.85. The van der Waals surface area contributed by atoms with Crippen LogP contribution in [0.5, 0.6) is 0 Å². The first-order chi connectivity index (χ1) is 11.8. The molecule has 9 heteroatoms. The summed E-state index contributed by atoms with van der Waals surface area (Å²) >= 11 is 5.82. The molecule has 0 spiro atoms. The normalized spacial score (nSPS) is 18.4. The molecular formula is C16H16ClF3N4O.